The maximum Gasteiger partial charge on any atom is 0.270 e. The number of amides is 1. The summed E-state index contributed by atoms with van der Waals surface area (Å²) in [5.41, 5.74) is 0.443. The van der Waals surface area contributed by atoms with E-state index in [2.05, 4.69) is 10.3 Å². The molecule has 0 aromatic carbocycles. The minimum atomic E-state index is -0.461. The number of hydrogen-bond acceptors (Lipinski definition) is 3. The Morgan fingerprint density at radius 2 is 2.21 bits per heavy atom. The molecule has 0 radical (unpaired) electrons. The van der Waals surface area contributed by atoms with Crippen LogP contribution in [0.25, 0.3) is 0 Å². The minimum absolute atomic E-state index is 0.0690. The van der Waals surface area contributed by atoms with Gasteiger partial charge in [-0.15, -0.1) is 0 Å². The molecule has 5 heteroatoms. The lowest BCUT2D eigenvalue weighted by atomic mass is 10.2. The van der Waals surface area contributed by atoms with Gasteiger partial charge < -0.3 is 9.88 Å². The zero-order chi connectivity index (χ0) is 10.7. The molecule has 76 valence electrons. The number of carbonyl (C=O) groups excluding carboxylic acids is 2. The molecule has 0 aliphatic heterocycles. The highest BCUT2D eigenvalue weighted by Crippen LogP contribution is 1.97. The van der Waals surface area contributed by atoms with Crippen LogP contribution in [0.15, 0.2) is 12.5 Å². The summed E-state index contributed by atoms with van der Waals surface area (Å²) < 4.78 is 1.60. The molecule has 0 fully saturated rings. The molecule has 1 aromatic heterocycles. The highest BCUT2D eigenvalue weighted by atomic mass is 16.2. The first-order valence-electron chi connectivity index (χ1n) is 4.30. The van der Waals surface area contributed by atoms with Gasteiger partial charge in [-0.3, -0.25) is 9.59 Å². The van der Waals surface area contributed by atoms with Crippen molar-refractivity contribution in [2.24, 2.45) is 7.05 Å². The predicted molar refractivity (Wildman–Crippen MR) is 50.8 cm³/mol. The molecule has 1 N–H and O–H groups in total. The Balaban J connectivity index is 2.69. The molecular weight excluding hydrogens is 182 g/mol. The number of ketones is 1. The van der Waals surface area contributed by atoms with Gasteiger partial charge in [0.05, 0.1) is 18.6 Å². The largest absolute Gasteiger partial charge is 0.341 e. The third-order valence-electron chi connectivity index (χ3n) is 2.01. The maximum absolute atomic E-state index is 11.5. The molecule has 1 atom stereocenters. The van der Waals surface area contributed by atoms with Crippen LogP contribution in [0, 0.1) is 0 Å². The lowest BCUT2D eigenvalue weighted by Gasteiger charge is -2.10. The summed E-state index contributed by atoms with van der Waals surface area (Å²) in [6, 6.07) is -0.461. The topological polar surface area (TPSA) is 64.0 Å². The fourth-order valence-corrected chi connectivity index (χ4v) is 0.948. The Hall–Kier alpha value is -1.65. The fourth-order valence-electron chi connectivity index (χ4n) is 0.948. The first-order chi connectivity index (χ1) is 6.52. The molecule has 0 saturated heterocycles. The van der Waals surface area contributed by atoms with Gasteiger partial charge in [-0.05, 0) is 13.8 Å². The Morgan fingerprint density at radius 3 is 2.64 bits per heavy atom. The number of nitrogens with one attached hydrogen (secondary N) is 1. The highest BCUT2D eigenvalue weighted by molar-refractivity contribution is 5.95. The SMILES string of the molecule is CC(=O)C(C)NC(=O)c1cncn1C. The number of imidazole rings is 1. The number of aryl methyl sites for hydroxylation is 1. The van der Waals surface area contributed by atoms with E-state index in [1.54, 1.807) is 18.5 Å². The molecule has 1 rings (SSSR count). The quantitative estimate of drug-likeness (QED) is 0.745. The van der Waals surface area contributed by atoms with Crippen molar-refractivity contribution in [1.29, 1.82) is 0 Å². The van der Waals surface area contributed by atoms with Gasteiger partial charge in [-0.1, -0.05) is 0 Å². The van der Waals surface area contributed by atoms with E-state index in [1.165, 1.54) is 19.4 Å². The van der Waals surface area contributed by atoms with E-state index in [-0.39, 0.29) is 11.7 Å². The van der Waals surface area contributed by atoms with Crippen molar-refractivity contribution in [3.8, 4) is 0 Å². The first-order valence-corrected chi connectivity index (χ1v) is 4.30. The average Bonchev–Trinajstić information content (AvgIpc) is 2.51. The summed E-state index contributed by atoms with van der Waals surface area (Å²) >= 11 is 0. The highest BCUT2D eigenvalue weighted by Gasteiger charge is 2.14. The second kappa shape index (κ2) is 4.04. The van der Waals surface area contributed by atoms with Crippen LogP contribution in [-0.2, 0) is 11.8 Å². The van der Waals surface area contributed by atoms with Gasteiger partial charge in [0, 0.05) is 7.05 Å². The van der Waals surface area contributed by atoms with Crippen molar-refractivity contribution in [3.63, 3.8) is 0 Å². The van der Waals surface area contributed by atoms with Gasteiger partial charge in [0.25, 0.3) is 5.91 Å². The zero-order valence-electron chi connectivity index (χ0n) is 8.44. The Kier molecular flexibility index (Phi) is 3.01. The van der Waals surface area contributed by atoms with Gasteiger partial charge in [0.2, 0.25) is 0 Å². The second-order valence-electron chi connectivity index (χ2n) is 3.20. The molecule has 0 aliphatic carbocycles. The second-order valence-corrected chi connectivity index (χ2v) is 3.20. The molecule has 0 bridgehead atoms. The Morgan fingerprint density at radius 1 is 1.57 bits per heavy atom. The van der Waals surface area contributed by atoms with E-state index in [1.807, 2.05) is 0 Å². The maximum atomic E-state index is 11.5. The van der Waals surface area contributed by atoms with E-state index in [4.69, 9.17) is 0 Å². The smallest absolute Gasteiger partial charge is 0.270 e. The number of aromatic nitrogens is 2. The van der Waals surface area contributed by atoms with Crippen LogP contribution >= 0.6 is 0 Å². The Bertz CT molecular complexity index is 357. The monoisotopic (exact) mass is 195 g/mol. The minimum Gasteiger partial charge on any atom is -0.341 e. The molecule has 1 unspecified atom stereocenters. The zero-order valence-corrected chi connectivity index (χ0v) is 8.44. The summed E-state index contributed by atoms with van der Waals surface area (Å²) in [7, 11) is 1.72. The van der Waals surface area contributed by atoms with Crippen molar-refractivity contribution < 1.29 is 9.59 Å². The molecule has 0 saturated carbocycles. The number of hydrogen-bond donors (Lipinski definition) is 1. The number of rotatable bonds is 3. The predicted octanol–water partition coefficient (Wildman–Crippen LogP) is 0.127. The lowest BCUT2D eigenvalue weighted by Crippen LogP contribution is -2.38. The number of Topliss-reactive ketones (excluding diaryl/α,β-unsaturated/α-hetero) is 1. The third kappa shape index (κ3) is 2.18. The van der Waals surface area contributed by atoms with E-state index >= 15 is 0 Å². The van der Waals surface area contributed by atoms with Crippen molar-refractivity contribution in [2.75, 3.05) is 0 Å². The molecule has 1 heterocycles. The molecule has 1 amide bonds. The molecular formula is C9H13N3O2. The van der Waals surface area contributed by atoms with Crippen LogP contribution in [0.3, 0.4) is 0 Å². The van der Waals surface area contributed by atoms with Crippen molar-refractivity contribution in [1.82, 2.24) is 14.9 Å². The van der Waals surface area contributed by atoms with Crippen molar-refractivity contribution in [2.45, 2.75) is 19.9 Å². The number of carbonyl (C=O) groups is 2. The van der Waals surface area contributed by atoms with Crippen molar-refractivity contribution >= 4 is 11.7 Å². The van der Waals surface area contributed by atoms with Crippen molar-refractivity contribution in [3.05, 3.63) is 18.2 Å². The number of nitrogens with zero attached hydrogens (tertiary/aromatic N) is 2. The molecule has 5 nitrogen and oxygen atoms in total. The van der Waals surface area contributed by atoms with Crippen LogP contribution in [0.2, 0.25) is 0 Å². The standard InChI is InChI=1S/C9H13N3O2/c1-6(7(2)13)11-9(14)8-4-10-5-12(8)3/h4-6H,1-3H3,(H,11,14). The Labute approximate surface area is 82.1 Å². The average molecular weight is 195 g/mol. The molecule has 0 spiro atoms. The molecule has 0 aliphatic rings. The first kappa shape index (κ1) is 10.4. The van der Waals surface area contributed by atoms with Crippen LogP contribution in [0.4, 0.5) is 0 Å². The van der Waals surface area contributed by atoms with Gasteiger partial charge in [0.1, 0.15) is 5.69 Å². The summed E-state index contributed by atoms with van der Waals surface area (Å²) in [6.45, 7) is 3.09. The van der Waals surface area contributed by atoms with Gasteiger partial charge in [-0.2, -0.15) is 0 Å². The van der Waals surface area contributed by atoms with E-state index in [0.29, 0.717) is 5.69 Å². The van der Waals surface area contributed by atoms with E-state index < -0.39 is 6.04 Å². The van der Waals surface area contributed by atoms with Gasteiger partial charge >= 0.3 is 0 Å². The molecule has 1 aromatic rings. The van der Waals surface area contributed by atoms with Crippen LogP contribution in [0.5, 0.6) is 0 Å². The van der Waals surface area contributed by atoms with Gasteiger partial charge in [0.15, 0.2) is 5.78 Å². The van der Waals surface area contributed by atoms with E-state index in [0.717, 1.165) is 0 Å². The van der Waals surface area contributed by atoms with Gasteiger partial charge in [-0.25, -0.2) is 4.98 Å². The van der Waals surface area contributed by atoms with E-state index in [9.17, 15) is 9.59 Å². The summed E-state index contributed by atoms with van der Waals surface area (Å²) in [5, 5.41) is 2.57. The normalized spacial score (nSPS) is 12.2. The summed E-state index contributed by atoms with van der Waals surface area (Å²) in [6.07, 6.45) is 3.00. The summed E-state index contributed by atoms with van der Waals surface area (Å²) in [5.74, 6) is -0.354. The van der Waals surface area contributed by atoms with Crippen LogP contribution in [0.1, 0.15) is 24.3 Å². The molecule has 14 heavy (non-hydrogen) atoms. The van der Waals surface area contributed by atoms with Crippen LogP contribution < -0.4 is 5.32 Å². The third-order valence-corrected chi connectivity index (χ3v) is 2.01. The summed E-state index contributed by atoms with van der Waals surface area (Å²) in [4.78, 5) is 26.2. The fraction of sp³-hybridized carbons (Fsp3) is 0.444. The lowest BCUT2D eigenvalue weighted by molar-refractivity contribution is -0.118. The van der Waals surface area contributed by atoms with Crippen LogP contribution in [-0.4, -0.2) is 27.3 Å².